The van der Waals surface area contributed by atoms with Gasteiger partial charge in [-0.25, -0.2) is 0 Å². The lowest BCUT2D eigenvalue weighted by Gasteiger charge is -2.06. The van der Waals surface area contributed by atoms with Crippen LogP contribution in [0.4, 0.5) is 0 Å². The van der Waals surface area contributed by atoms with E-state index in [-0.39, 0.29) is 6.10 Å². The van der Waals surface area contributed by atoms with Gasteiger partial charge in [-0.05, 0) is 12.0 Å². The number of rotatable bonds is 1. The summed E-state index contributed by atoms with van der Waals surface area (Å²) in [5, 5.41) is 15.8. The molecule has 0 spiro atoms. The van der Waals surface area contributed by atoms with Gasteiger partial charge in [-0.2, -0.15) is 0 Å². The lowest BCUT2D eigenvalue weighted by molar-refractivity contribution is 0.225. The highest BCUT2D eigenvalue weighted by atomic mass is 16.3. The summed E-state index contributed by atoms with van der Waals surface area (Å²) in [6.07, 6.45) is 6.87. The highest BCUT2D eigenvalue weighted by molar-refractivity contribution is 5.80. The summed E-state index contributed by atoms with van der Waals surface area (Å²) >= 11 is 0. The zero-order valence-electron chi connectivity index (χ0n) is 5.04. The largest absolute Gasteiger partial charge is 0.389 e. The maximum atomic E-state index is 8.92. The van der Waals surface area contributed by atoms with Crippen molar-refractivity contribution in [3.63, 3.8) is 0 Å². The van der Waals surface area contributed by atoms with Crippen LogP contribution in [0.3, 0.4) is 0 Å². The Morgan fingerprint density at radius 1 is 1.78 bits per heavy atom. The SMILES string of the molecule is N=CC1=CCC(O)C=C1. The van der Waals surface area contributed by atoms with E-state index in [2.05, 4.69) is 0 Å². The van der Waals surface area contributed by atoms with E-state index >= 15 is 0 Å². The van der Waals surface area contributed by atoms with Crippen molar-refractivity contribution in [1.29, 1.82) is 5.41 Å². The molecule has 0 aromatic carbocycles. The molecule has 2 N–H and O–H groups in total. The molecule has 0 amide bonds. The Labute approximate surface area is 54.0 Å². The van der Waals surface area contributed by atoms with E-state index in [4.69, 9.17) is 10.5 Å². The molecule has 0 aliphatic heterocycles. The first-order chi connectivity index (χ1) is 4.33. The fourth-order valence-corrected chi connectivity index (χ4v) is 0.733. The van der Waals surface area contributed by atoms with Crippen molar-refractivity contribution in [2.75, 3.05) is 0 Å². The molecule has 1 aliphatic carbocycles. The van der Waals surface area contributed by atoms with Gasteiger partial charge in [0, 0.05) is 6.21 Å². The lowest BCUT2D eigenvalue weighted by atomic mass is 10.1. The molecule has 0 aromatic heterocycles. The van der Waals surface area contributed by atoms with Gasteiger partial charge >= 0.3 is 0 Å². The van der Waals surface area contributed by atoms with Crippen LogP contribution in [0.5, 0.6) is 0 Å². The molecule has 0 heterocycles. The first kappa shape index (κ1) is 6.23. The van der Waals surface area contributed by atoms with Crippen LogP contribution >= 0.6 is 0 Å². The molecular weight excluding hydrogens is 114 g/mol. The zero-order valence-corrected chi connectivity index (χ0v) is 5.04. The molecule has 1 aliphatic rings. The smallest absolute Gasteiger partial charge is 0.0758 e. The Hall–Kier alpha value is -0.890. The van der Waals surface area contributed by atoms with Crippen molar-refractivity contribution < 1.29 is 5.11 Å². The van der Waals surface area contributed by atoms with E-state index in [0.29, 0.717) is 6.42 Å². The molecule has 2 nitrogen and oxygen atoms in total. The Balaban J connectivity index is 2.62. The standard InChI is InChI=1S/C7H9NO/c8-5-6-1-3-7(9)4-2-6/h1-3,5,7-9H,4H2. The van der Waals surface area contributed by atoms with Crippen molar-refractivity contribution in [1.82, 2.24) is 0 Å². The molecule has 0 saturated carbocycles. The summed E-state index contributed by atoms with van der Waals surface area (Å²) in [6, 6.07) is 0. The lowest BCUT2D eigenvalue weighted by Crippen LogP contribution is -2.03. The van der Waals surface area contributed by atoms with Crippen molar-refractivity contribution in [3.05, 3.63) is 23.8 Å². The van der Waals surface area contributed by atoms with Crippen LogP contribution in [-0.4, -0.2) is 17.4 Å². The van der Waals surface area contributed by atoms with Gasteiger partial charge in [0.05, 0.1) is 6.10 Å². The van der Waals surface area contributed by atoms with Gasteiger partial charge in [0.15, 0.2) is 0 Å². The highest BCUT2D eigenvalue weighted by Gasteiger charge is 2.01. The fourth-order valence-electron chi connectivity index (χ4n) is 0.733. The van der Waals surface area contributed by atoms with Crippen molar-refractivity contribution in [3.8, 4) is 0 Å². The molecule has 0 aromatic rings. The number of aliphatic hydroxyl groups excluding tert-OH is 1. The van der Waals surface area contributed by atoms with Gasteiger partial charge in [-0.1, -0.05) is 18.2 Å². The van der Waals surface area contributed by atoms with E-state index in [1.54, 1.807) is 12.2 Å². The summed E-state index contributed by atoms with van der Waals surface area (Å²) in [5.74, 6) is 0. The summed E-state index contributed by atoms with van der Waals surface area (Å²) in [4.78, 5) is 0. The van der Waals surface area contributed by atoms with Crippen molar-refractivity contribution >= 4 is 6.21 Å². The quantitative estimate of drug-likeness (QED) is 0.499. The molecule has 9 heavy (non-hydrogen) atoms. The maximum Gasteiger partial charge on any atom is 0.0758 e. The van der Waals surface area contributed by atoms with Gasteiger partial charge in [-0.15, -0.1) is 0 Å². The van der Waals surface area contributed by atoms with Gasteiger partial charge < -0.3 is 10.5 Å². The second kappa shape index (κ2) is 2.60. The van der Waals surface area contributed by atoms with Crippen LogP contribution < -0.4 is 0 Å². The van der Waals surface area contributed by atoms with E-state index in [9.17, 15) is 0 Å². The van der Waals surface area contributed by atoms with Gasteiger partial charge in [-0.3, -0.25) is 0 Å². The molecule has 0 radical (unpaired) electrons. The fraction of sp³-hybridized carbons (Fsp3) is 0.286. The first-order valence-electron chi connectivity index (χ1n) is 2.90. The molecular formula is C7H9NO. The third-order valence-corrected chi connectivity index (χ3v) is 1.27. The average molecular weight is 123 g/mol. The second-order valence-electron chi connectivity index (χ2n) is 2.01. The summed E-state index contributed by atoms with van der Waals surface area (Å²) in [5.41, 5.74) is 0.875. The van der Waals surface area contributed by atoms with Gasteiger partial charge in [0.25, 0.3) is 0 Å². The second-order valence-corrected chi connectivity index (χ2v) is 2.01. The summed E-state index contributed by atoms with van der Waals surface area (Å²) in [7, 11) is 0. The van der Waals surface area contributed by atoms with Crippen molar-refractivity contribution in [2.24, 2.45) is 0 Å². The van der Waals surface area contributed by atoms with E-state index in [1.165, 1.54) is 6.21 Å². The number of aliphatic hydroxyl groups is 1. The monoisotopic (exact) mass is 123 g/mol. The molecule has 1 unspecified atom stereocenters. The van der Waals surface area contributed by atoms with E-state index in [0.717, 1.165) is 5.57 Å². The van der Waals surface area contributed by atoms with Crippen molar-refractivity contribution in [2.45, 2.75) is 12.5 Å². The topological polar surface area (TPSA) is 44.1 Å². The van der Waals surface area contributed by atoms with Gasteiger partial charge in [0.2, 0.25) is 0 Å². The maximum absolute atomic E-state index is 8.92. The van der Waals surface area contributed by atoms with E-state index < -0.39 is 0 Å². The Kier molecular flexibility index (Phi) is 1.80. The van der Waals surface area contributed by atoms with Crippen LogP contribution in [0, 0.1) is 5.41 Å². The van der Waals surface area contributed by atoms with E-state index in [1.807, 2.05) is 6.08 Å². The molecule has 0 fully saturated rings. The zero-order chi connectivity index (χ0) is 6.69. The van der Waals surface area contributed by atoms with Crippen LogP contribution in [0.15, 0.2) is 23.8 Å². The molecule has 0 saturated heterocycles. The highest BCUT2D eigenvalue weighted by Crippen LogP contribution is 2.07. The normalized spacial score (nSPS) is 25.4. The van der Waals surface area contributed by atoms with Crippen LogP contribution in [0.1, 0.15) is 6.42 Å². The number of hydrogen-bond donors (Lipinski definition) is 2. The minimum Gasteiger partial charge on any atom is -0.389 e. The molecule has 1 rings (SSSR count). The predicted octanol–water partition coefficient (Wildman–Crippen LogP) is 0.883. The third-order valence-electron chi connectivity index (χ3n) is 1.27. The number of allylic oxidation sites excluding steroid dienone is 2. The number of hydrogen-bond acceptors (Lipinski definition) is 2. The van der Waals surface area contributed by atoms with Crippen LogP contribution in [-0.2, 0) is 0 Å². The Morgan fingerprint density at radius 3 is 3.00 bits per heavy atom. The molecule has 48 valence electrons. The minimum atomic E-state index is -0.339. The average Bonchev–Trinajstić information content (AvgIpc) is 1.90. The third kappa shape index (κ3) is 1.50. The predicted molar refractivity (Wildman–Crippen MR) is 36.6 cm³/mol. The van der Waals surface area contributed by atoms with Crippen LogP contribution in [0.2, 0.25) is 0 Å². The Bertz CT molecular complexity index is 170. The molecule has 1 atom stereocenters. The first-order valence-corrected chi connectivity index (χ1v) is 2.90. The minimum absolute atomic E-state index is 0.339. The molecule has 2 heteroatoms. The Morgan fingerprint density at radius 2 is 2.56 bits per heavy atom. The summed E-state index contributed by atoms with van der Waals surface area (Å²) < 4.78 is 0. The van der Waals surface area contributed by atoms with Crippen LogP contribution in [0.25, 0.3) is 0 Å². The number of nitrogens with one attached hydrogen (secondary N) is 1. The van der Waals surface area contributed by atoms with Gasteiger partial charge in [0.1, 0.15) is 0 Å². The summed E-state index contributed by atoms with van der Waals surface area (Å²) in [6.45, 7) is 0. The molecule has 0 bridgehead atoms.